The quantitative estimate of drug-likeness (QED) is 0.686. The summed E-state index contributed by atoms with van der Waals surface area (Å²) in [5, 5.41) is 11.4. The second kappa shape index (κ2) is 7.50. The predicted octanol–water partition coefficient (Wildman–Crippen LogP) is 4.88. The topological polar surface area (TPSA) is 73.0 Å². The molecular weight excluding hydrogens is 364 g/mol. The Hall–Kier alpha value is -2.89. The minimum atomic E-state index is -0.239. The predicted molar refractivity (Wildman–Crippen MR) is 112 cm³/mol. The molecule has 1 aliphatic rings. The summed E-state index contributed by atoms with van der Waals surface area (Å²) in [6.45, 7) is 8.82. The molecule has 6 nitrogen and oxygen atoms in total. The molecule has 1 amide bonds. The maximum absolute atomic E-state index is 12.9. The lowest BCUT2D eigenvalue weighted by atomic mass is 9.71. The fraction of sp³-hybridized carbons (Fsp3) is 0.435. The monoisotopic (exact) mass is 392 g/mol. The molecule has 0 bridgehead atoms. The number of fused-ring (bicyclic) bond motifs is 1. The Balaban J connectivity index is 1.49. The van der Waals surface area contributed by atoms with Gasteiger partial charge in [-0.25, -0.2) is 0 Å². The number of anilines is 1. The van der Waals surface area contributed by atoms with E-state index >= 15 is 0 Å². The summed E-state index contributed by atoms with van der Waals surface area (Å²) in [5.74, 6) is 1.12. The van der Waals surface area contributed by atoms with Crippen LogP contribution in [0.25, 0.3) is 0 Å². The summed E-state index contributed by atoms with van der Waals surface area (Å²) >= 11 is 0. The molecule has 29 heavy (non-hydrogen) atoms. The van der Waals surface area contributed by atoms with Crippen LogP contribution >= 0.6 is 0 Å². The third-order valence-electron chi connectivity index (χ3n) is 6.02. The number of rotatable bonds is 4. The van der Waals surface area contributed by atoms with Gasteiger partial charge in [-0.3, -0.25) is 9.48 Å². The van der Waals surface area contributed by atoms with Crippen LogP contribution in [0.5, 0.6) is 0 Å². The summed E-state index contributed by atoms with van der Waals surface area (Å²) in [5.41, 5.74) is 3.36. The summed E-state index contributed by atoms with van der Waals surface area (Å²) in [6.07, 6.45) is 6.25. The van der Waals surface area contributed by atoms with Crippen LogP contribution in [0.4, 0.5) is 5.69 Å². The number of carbonyl (C=O) groups excluding carboxylic acids is 1. The van der Waals surface area contributed by atoms with Crippen LogP contribution in [0.15, 0.2) is 47.2 Å². The minimum absolute atomic E-state index is 0.0780. The molecule has 0 spiro atoms. The van der Waals surface area contributed by atoms with Gasteiger partial charge in [0.05, 0.1) is 17.9 Å². The fourth-order valence-corrected chi connectivity index (χ4v) is 4.01. The Kier molecular flexibility index (Phi) is 5.03. The van der Waals surface area contributed by atoms with Crippen molar-refractivity contribution < 1.29 is 9.32 Å². The van der Waals surface area contributed by atoms with Crippen LogP contribution in [0.1, 0.15) is 67.5 Å². The Labute approximate surface area is 171 Å². The maximum atomic E-state index is 12.9. The van der Waals surface area contributed by atoms with Gasteiger partial charge in [-0.2, -0.15) is 5.10 Å². The molecule has 2 atom stereocenters. The van der Waals surface area contributed by atoms with E-state index in [-0.39, 0.29) is 17.4 Å². The molecule has 152 valence electrons. The third kappa shape index (κ3) is 3.97. The number of hydrogen-bond acceptors (Lipinski definition) is 4. The van der Waals surface area contributed by atoms with Crippen LogP contribution < -0.4 is 5.32 Å². The van der Waals surface area contributed by atoms with Crippen molar-refractivity contribution in [3.8, 4) is 0 Å². The number of nitrogens with one attached hydrogen (secondary N) is 1. The Morgan fingerprint density at radius 3 is 2.76 bits per heavy atom. The average Bonchev–Trinajstić information content (AvgIpc) is 3.33. The first-order valence-corrected chi connectivity index (χ1v) is 10.2. The first-order chi connectivity index (χ1) is 13.8. The molecule has 4 rings (SSSR count). The van der Waals surface area contributed by atoms with Crippen molar-refractivity contribution in [1.29, 1.82) is 0 Å². The van der Waals surface area contributed by atoms with Gasteiger partial charge in [0.1, 0.15) is 5.76 Å². The van der Waals surface area contributed by atoms with Gasteiger partial charge in [0.25, 0.3) is 5.91 Å². The zero-order valence-corrected chi connectivity index (χ0v) is 17.5. The van der Waals surface area contributed by atoms with Gasteiger partial charge < -0.3 is 9.84 Å². The lowest BCUT2D eigenvalue weighted by Gasteiger charge is -2.33. The molecule has 2 unspecified atom stereocenters. The molecule has 0 radical (unpaired) electrons. The largest absolute Gasteiger partial charge is 0.360 e. The van der Waals surface area contributed by atoms with E-state index in [2.05, 4.69) is 55.4 Å². The van der Waals surface area contributed by atoms with E-state index in [1.54, 1.807) is 6.20 Å². The molecule has 2 heterocycles. The summed E-state index contributed by atoms with van der Waals surface area (Å²) in [4.78, 5) is 12.9. The van der Waals surface area contributed by atoms with Gasteiger partial charge in [0.2, 0.25) is 0 Å². The van der Waals surface area contributed by atoms with E-state index in [0.29, 0.717) is 17.3 Å². The minimum Gasteiger partial charge on any atom is -0.360 e. The highest BCUT2D eigenvalue weighted by Crippen LogP contribution is 2.38. The highest BCUT2D eigenvalue weighted by Gasteiger charge is 2.34. The molecular formula is C23H28N4O2. The number of carbonyl (C=O) groups is 1. The van der Waals surface area contributed by atoms with Crippen molar-refractivity contribution >= 4 is 11.6 Å². The van der Waals surface area contributed by atoms with Crippen LogP contribution in [0, 0.1) is 11.3 Å². The van der Waals surface area contributed by atoms with Gasteiger partial charge in [-0.15, -0.1) is 0 Å². The number of hydrogen-bond donors (Lipinski definition) is 1. The summed E-state index contributed by atoms with van der Waals surface area (Å²) < 4.78 is 7.32. The molecule has 3 aromatic rings. The van der Waals surface area contributed by atoms with Gasteiger partial charge in [-0.05, 0) is 36.7 Å². The van der Waals surface area contributed by atoms with Crippen molar-refractivity contribution in [2.24, 2.45) is 11.3 Å². The van der Waals surface area contributed by atoms with Crippen molar-refractivity contribution in [1.82, 2.24) is 14.9 Å². The van der Waals surface area contributed by atoms with E-state index in [9.17, 15) is 4.79 Å². The normalized spacial score (nSPS) is 17.6. The molecule has 2 aromatic heterocycles. The number of nitrogens with zero attached hydrogens (tertiary/aromatic N) is 3. The highest BCUT2D eigenvalue weighted by molar-refractivity contribution is 6.03. The smallest absolute Gasteiger partial charge is 0.278 e. The number of amides is 1. The number of aromatic nitrogens is 3. The zero-order chi connectivity index (χ0) is 20.6. The molecule has 0 aliphatic heterocycles. The SMILES string of the molecule is CC(c1ccccc1)n1cc(NC(=O)c2noc3c2CC(C(C)(C)C)CC3)cn1. The van der Waals surface area contributed by atoms with Crippen LogP contribution in [-0.2, 0) is 12.8 Å². The second-order valence-corrected chi connectivity index (χ2v) is 8.99. The maximum Gasteiger partial charge on any atom is 0.278 e. The first kappa shape index (κ1) is 19.4. The van der Waals surface area contributed by atoms with Gasteiger partial charge >= 0.3 is 0 Å². The fourth-order valence-electron chi connectivity index (χ4n) is 4.01. The van der Waals surface area contributed by atoms with Gasteiger partial charge in [0.15, 0.2) is 5.69 Å². The lowest BCUT2D eigenvalue weighted by Crippen LogP contribution is -2.27. The Morgan fingerprint density at radius 1 is 1.28 bits per heavy atom. The lowest BCUT2D eigenvalue weighted by molar-refractivity contribution is 0.101. The van der Waals surface area contributed by atoms with E-state index in [1.807, 2.05) is 29.1 Å². The van der Waals surface area contributed by atoms with Crippen molar-refractivity contribution in [3.63, 3.8) is 0 Å². The van der Waals surface area contributed by atoms with Gasteiger partial charge in [-0.1, -0.05) is 56.3 Å². The van der Waals surface area contributed by atoms with E-state index in [0.717, 1.165) is 36.1 Å². The highest BCUT2D eigenvalue weighted by atomic mass is 16.5. The Morgan fingerprint density at radius 2 is 2.03 bits per heavy atom. The van der Waals surface area contributed by atoms with Crippen molar-refractivity contribution in [2.45, 2.75) is 53.0 Å². The van der Waals surface area contributed by atoms with E-state index in [4.69, 9.17) is 4.52 Å². The van der Waals surface area contributed by atoms with Crippen molar-refractivity contribution in [2.75, 3.05) is 5.32 Å². The number of aryl methyl sites for hydroxylation is 1. The average molecular weight is 393 g/mol. The van der Waals surface area contributed by atoms with Crippen LogP contribution in [0.2, 0.25) is 0 Å². The molecule has 1 aromatic carbocycles. The second-order valence-electron chi connectivity index (χ2n) is 8.99. The first-order valence-electron chi connectivity index (χ1n) is 10.2. The standard InChI is InChI=1S/C23H28N4O2/c1-15(16-8-6-5-7-9-16)27-14-18(13-24-27)25-22(28)21-19-12-17(23(2,3)4)10-11-20(19)29-26-21/h5-9,13-15,17H,10-12H2,1-4H3,(H,25,28). The number of benzene rings is 1. The molecule has 0 fully saturated rings. The summed E-state index contributed by atoms with van der Waals surface area (Å²) in [7, 11) is 0. The molecule has 1 aliphatic carbocycles. The zero-order valence-electron chi connectivity index (χ0n) is 17.5. The summed E-state index contributed by atoms with van der Waals surface area (Å²) in [6, 6.07) is 10.2. The van der Waals surface area contributed by atoms with E-state index in [1.165, 1.54) is 0 Å². The van der Waals surface area contributed by atoms with Crippen molar-refractivity contribution in [3.05, 3.63) is 65.3 Å². The van der Waals surface area contributed by atoms with E-state index < -0.39 is 0 Å². The Bertz CT molecular complexity index is 998. The molecule has 0 saturated carbocycles. The third-order valence-corrected chi connectivity index (χ3v) is 6.02. The molecule has 6 heteroatoms. The van der Waals surface area contributed by atoms with Crippen LogP contribution in [-0.4, -0.2) is 20.8 Å². The van der Waals surface area contributed by atoms with Crippen LogP contribution in [0.3, 0.4) is 0 Å². The molecule has 1 N–H and O–H groups in total. The van der Waals surface area contributed by atoms with Gasteiger partial charge in [0, 0.05) is 18.2 Å². The molecule has 0 saturated heterocycles.